The van der Waals surface area contributed by atoms with Crippen LogP contribution in [0, 0.1) is 12.8 Å². The van der Waals surface area contributed by atoms with Crippen molar-refractivity contribution in [2.24, 2.45) is 5.92 Å². The van der Waals surface area contributed by atoms with E-state index in [0.29, 0.717) is 26.5 Å². The zero-order chi connectivity index (χ0) is 20.9. The molecule has 0 amide bonds. The van der Waals surface area contributed by atoms with Crippen molar-refractivity contribution in [3.8, 4) is 5.75 Å². The highest BCUT2D eigenvalue weighted by atomic mass is 35.5. The van der Waals surface area contributed by atoms with Crippen LogP contribution in [-0.2, 0) is 9.53 Å². The van der Waals surface area contributed by atoms with E-state index in [1.54, 1.807) is 19.1 Å². The summed E-state index contributed by atoms with van der Waals surface area (Å²) in [5, 5.41) is 4.58. The second-order valence-corrected chi connectivity index (χ2v) is 8.52. The number of aryl methyl sites for hydroxylation is 1. The van der Waals surface area contributed by atoms with Gasteiger partial charge in [0.15, 0.2) is 5.11 Å². The van der Waals surface area contributed by atoms with E-state index in [1.807, 2.05) is 43.0 Å². The van der Waals surface area contributed by atoms with Crippen molar-refractivity contribution in [1.29, 1.82) is 0 Å². The molecule has 5 nitrogen and oxygen atoms in total. The number of nitrogens with one attached hydrogen (secondary N) is 1. The van der Waals surface area contributed by atoms with E-state index < -0.39 is 17.7 Å². The van der Waals surface area contributed by atoms with Gasteiger partial charge < -0.3 is 14.8 Å². The average molecular weight is 451 g/mol. The summed E-state index contributed by atoms with van der Waals surface area (Å²) in [7, 11) is 0. The van der Waals surface area contributed by atoms with Gasteiger partial charge in [0.25, 0.3) is 0 Å². The van der Waals surface area contributed by atoms with E-state index in [1.165, 1.54) is 0 Å². The minimum absolute atomic E-state index is 0.260. The number of benzene rings is 2. The van der Waals surface area contributed by atoms with E-state index in [9.17, 15) is 4.79 Å². The quantitative estimate of drug-likeness (QED) is 0.522. The molecule has 0 saturated carbocycles. The Morgan fingerprint density at radius 2 is 2.00 bits per heavy atom. The Bertz CT molecular complexity index is 998. The first-order valence-corrected chi connectivity index (χ1v) is 10.4. The lowest BCUT2D eigenvalue weighted by Crippen LogP contribution is -2.71. The maximum Gasteiger partial charge on any atom is 0.317 e. The summed E-state index contributed by atoms with van der Waals surface area (Å²) in [6.45, 7) is 5.88. The topological polar surface area (TPSA) is 50.8 Å². The van der Waals surface area contributed by atoms with Crippen LogP contribution in [0.4, 0.5) is 5.69 Å². The lowest BCUT2D eigenvalue weighted by Gasteiger charge is -2.55. The summed E-state index contributed by atoms with van der Waals surface area (Å²) in [6.07, 6.45) is 0. The minimum atomic E-state index is -1.14. The van der Waals surface area contributed by atoms with Gasteiger partial charge in [-0.3, -0.25) is 9.69 Å². The lowest BCUT2D eigenvalue weighted by atomic mass is 9.79. The number of halogens is 2. The predicted molar refractivity (Wildman–Crippen MR) is 118 cm³/mol. The first-order valence-electron chi connectivity index (χ1n) is 9.28. The molecule has 0 spiro atoms. The maximum atomic E-state index is 13.1. The number of rotatable bonds is 3. The van der Waals surface area contributed by atoms with Gasteiger partial charge in [-0.2, -0.15) is 0 Å². The van der Waals surface area contributed by atoms with Crippen molar-refractivity contribution in [2.45, 2.75) is 32.5 Å². The fourth-order valence-corrected chi connectivity index (χ4v) is 5.04. The van der Waals surface area contributed by atoms with Gasteiger partial charge in [0.2, 0.25) is 5.72 Å². The van der Waals surface area contributed by atoms with Crippen molar-refractivity contribution in [3.63, 3.8) is 0 Å². The number of thiocarbonyl (C=S) groups is 1. The molecule has 2 aliphatic rings. The van der Waals surface area contributed by atoms with Gasteiger partial charge in [0, 0.05) is 16.3 Å². The highest BCUT2D eigenvalue weighted by Crippen LogP contribution is 2.52. The maximum absolute atomic E-state index is 13.1. The number of hydrogen-bond acceptors (Lipinski definition) is 4. The number of esters is 1. The van der Waals surface area contributed by atoms with Crippen LogP contribution >= 0.6 is 35.4 Å². The highest BCUT2D eigenvalue weighted by Gasteiger charge is 2.60. The molecule has 2 aliphatic heterocycles. The Hall–Kier alpha value is -2.02. The molecule has 0 aliphatic carbocycles. The first-order chi connectivity index (χ1) is 13.8. The molecule has 2 bridgehead atoms. The molecule has 0 radical (unpaired) electrons. The summed E-state index contributed by atoms with van der Waals surface area (Å²) in [5.41, 5.74) is 1.46. The Morgan fingerprint density at radius 1 is 1.31 bits per heavy atom. The molecular weight excluding hydrogens is 431 g/mol. The molecule has 29 heavy (non-hydrogen) atoms. The minimum Gasteiger partial charge on any atom is -0.466 e. The van der Waals surface area contributed by atoms with Gasteiger partial charge in [0.05, 0.1) is 17.7 Å². The highest BCUT2D eigenvalue weighted by molar-refractivity contribution is 7.80. The van der Waals surface area contributed by atoms with Gasteiger partial charge >= 0.3 is 5.97 Å². The van der Waals surface area contributed by atoms with Gasteiger partial charge in [-0.1, -0.05) is 40.9 Å². The number of fused-ring (bicyclic) bond motifs is 4. The molecule has 152 valence electrons. The average Bonchev–Trinajstić information content (AvgIpc) is 2.64. The van der Waals surface area contributed by atoms with Crippen molar-refractivity contribution < 1.29 is 14.3 Å². The van der Waals surface area contributed by atoms with E-state index in [0.717, 1.165) is 11.3 Å². The van der Waals surface area contributed by atoms with Crippen LogP contribution < -0.4 is 15.0 Å². The largest absolute Gasteiger partial charge is 0.466 e. The summed E-state index contributed by atoms with van der Waals surface area (Å²) in [4.78, 5) is 14.9. The Balaban J connectivity index is 1.92. The van der Waals surface area contributed by atoms with Gasteiger partial charge in [-0.25, -0.2) is 0 Å². The van der Waals surface area contributed by atoms with Crippen molar-refractivity contribution in [3.05, 3.63) is 57.6 Å². The Labute approximate surface area is 184 Å². The van der Waals surface area contributed by atoms with Crippen LogP contribution in [0.15, 0.2) is 36.4 Å². The monoisotopic (exact) mass is 450 g/mol. The molecule has 4 rings (SSSR count). The van der Waals surface area contributed by atoms with E-state index in [4.69, 9.17) is 44.9 Å². The molecule has 1 fully saturated rings. The molecule has 0 aromatic heterocycles. The Kier molecular flexibility index (Phi) is 5.13. The van der Waals surface area contributed by atoms with Gasteiger partial charge in [0.1, 0.15) is 11.7 Å². The molecule has 1 saturated heterocycles. The van der Waals surface area contributed by atoms with E-state index in [-0.39, 0.29) is 12.6 Å². The molecule has 2 aromatic carbocycles. The standard InChI is InChI=1S/C21H20Cl2N2O3S/c1-4-27-19(26)16-17-14-9-12(22)10-15(23)18(14)28-21(16,3)25(20(29)24-17)13-7-5-11(2)6-8-13/h5-10,16-17H,4H2,1-3H3,(H,24,29)/t16-,17+,21+/m1/s1. The fourth-order valence-electron chi connectivity index (χ4n) is 4.08. The molecule has 2 heterocycles. The van der Waals surface area contributed by atoms with Crippen molar-refractivity contribution in [2.75, 3.05) is 11.5 Å². The second kappa shape index (κ2) is 7.35. The van der Waals surface area contributed by atoms with Crippen molar-refractivity contribution >= 4 is 52.2 Å². The number of nitrogens with zero attached hydrogens (tertiary/aromatic N) is 1. The van der Waals surface area contributed by atoms with Crippen LogP contribution in [0.1, 0.15) is 31.0 Å². The van der Waals surface area contributed by atoms with Gasteiger partial charge in [-0.05, 0) is 57.3 Å². The van der Waals surface area contributed by atoms with Crippen molar-refractivity contribution in [1.82, 2.24) is 5.32 Å². The molecule has 2 aromatic rings. The normalized spacial score (nSPS) is 25.0. The molecule has 0 unspecified atom stereocenters. The Morgan fingerprint density at radius 3 is 2.66 bits per heavy atom. The SMILES string of the molecule is CCOC(=O)[C@H]1[C@H]2NC(=S)N(c3ccc(C)cc3)[C@@]1(C)Oc1c(Cl)cc(Cl)cc12. The summed E-state index contributed by atoms with van der Waals surface area (Å²) < 4.78 is 11.8. The molecular formula is C21H20Cl2N2O3S. The summed E-state index contributed by atoms with van der Waals surface area (Å²) in [6, 6.07) is 10.7. The lowest BCUT2D eigenvalue weighted by molar-refractivity contribution is -0.159. The fraction of sp³-hybridized carbons (Fsp3) is 0.333. The number of hydrogen-bond donors (Lipinski definition) is 1. The summed E-state index contributed by atoms with van der Waals surface area (Å²) >= 11 is 18.4. The third-order valence-corrected chi connectivity index (χ3v) is 6.15. The van der Waals surface area contributed by atoms with Crippen LogP contribution in [-0.4, -0.2) is 23.4 Å². The van der Waals surface area contributed by atoms with E-state index in [2.05, 4.69) is 5.32 Å². The smallest absolute Gasteiger partial charge is 0.317 e. The second-order valence-electron chi connectivity index (χ2n) is 7.29. The zero-order valence-corrected chi connectivity index (χ0v) is 18.5. The third kappa shape index (κ3) is 3.23. The zero-order valence-electron chi connectivity index (χ0n) is 16.2. The summed E-state index contributed by atoms with van der Waals surface area (Å²) in [5.74, 6) is -0.595. The van der Waals surface area contributed by atoms with Crippen LogP contribution in [0.25, 0.3) is 0 Å². The van der Waals surface area contributed by atoms with Gasteiger partial charge in [-0.15, -0.1) is 0 Å². The number of carbonyl (C=O) groups is 1. The van der Waals surface area contributed by atoms with Crippen LogP contribution in [0.2, 0.25) is 10.0 Å². The molecule has 8 heteroatoms. The predicted octanol–water partition coefficient (Wildman–Crippen LogP) is 5.03. The molecule has 3 atom stereocenters. The van der Waals surface area contributed by atoms with Crippen LogP contribution in [0.3, 0.4) is 0 Å². The number of carbonyl (C=O) groups excluding carboxylic acids is 1. The molecule has 1 N–H and O–H groups in total. The third-order valence-electron chi connectivity index (χ3n) is 5.35. The number of ether oxygens (including phenoxy) is 2. The number of anilines is 1. The van der Waals surface area contributed by atoms with Crippen LogP contribution in [0.5, 0.6) is 5.75 Å². The van der Waals surface area contributed by atoms with E-state index >= 15 is 0 Å². The first kappa shape index (κ1) is 20.3.